The first kappa shape index (κ1) is 14.5. The molecule has 0 amide bonds. The monoisotopic (exact) mass is 324 g/mol. The second-order valence-corrected chi connectivity index (χ2v) is 7.09. The summed E-state index contributed by atoms with van der Waals surface area (Å²) in [4.78, 5) is 0. The van der Waals surface area contributed by atoms with Crippen LogP contribution < -0.4 is 0 Å². The van der Waals surface area contributed by atoms with Crippen LogP contribution in [-0.2, 0) is 0 Å². The summed E-state index contributed by atoms with van der Waals surface area (Å²) in [7, 11) is 0. The standard InChI is InChI=1S/C24H20O/c1-15-7-3-4-8-18(15)20-14-21-17(13-16(20)2)11-12-23-24(21)19-9-5-6-10-22(19)25-23/h3-13,21H,14H2,1-2H3. The van der Waals surface area contributed by atoms with Gasteiger partial charge in [0.1, 0.15) is 11.3 Å². The van der Waals surface area contributed by atoms with Gasteiger partial charge < -0.3 is 4.42 Å². The van der Waals surface area contributed by atoms with E-state index in [-0.39, 0.29) is 0 Å². The van der Waals surface area contributed by atoms with E-state index in [4.69, 9.17) is 4.42 Å². The van der Waals surface area contributed by atoms with E-state index in [1.54, 1.807) is 0 Å². The topological polar surface area (TPSA) is 13.1 Å². The van der Waals surface area contributed by atoms with Gasteiger partial charge in [-0.3, -0.25) is 0 Å². The van der Waals surface area contributed by atoms with Gasteiger partial charge in [-0.1, -0.05) is 54.6 Å². The summed E-state index contributed by atoms with van der Waals surface area (Å²) < 4.78 is 6.10. The van der Waals surface area contributed by atoms with E-state index in [1.807, 2.05) is 6.07 Å². The fourth-order valence-corrected chi connectivity index (χ4v) is 4.33. The van der Waals surface area contributed by atoms with Crippen molar-refractivity contribution < 1.29 is 4.42 Å². The van der Waals surface area contributed by atoms with Gasteiger partial charge in [0.25, 0.3) is 0 Å². The van der Waals surface area contributed by atoms with Crippen LogP contribution in [0.15, 0.2) is 76.2 Å². The van der Waals surface area contributed by atoms with Crippen LogP contribution >= 0.6 is 0 Å². The highest BCUT2D eigenvalue weighted by molar-refractivity contribution is 5.89. The van der Waals surface area contributed by atoms with Crippen LogP contribution in [0, 0.1) is 6.92 Å². The predicted molar refractivity (Wildman–Crippen MR) is 104 cm³/mol. The highest BCUT2D eigenvalue weighted by atomic mass is 16.3. The highest BCUT2D eigenvalue weighted by Crippen LogP contribution is 2.48. The van der Waals surface area contributed by atoms with Crippen molar-refractivity contribution in [2.24, 2.45) is 0 Å². The van der Waals surface area contributed by atoms with Gasteiger partial charge in [0.2, 0.25) is 0 Å². The van der Waals surface area contributed by atoms with Crippen molar-refractivity contribution >= 4 is 22.6 Å². The average Bonchev–Trinajstić information content (AvgIpc) is 3.01. The molecule has 0 aliphatic heterocycles. The van der Waals surface area contributed by atoms with Gasteiger partial charge in [0.15, 0.2) is 0 Å². The molecule has 1 aromatic heterocycles. The molecule has 1 atom stereocenters. The van der Waals surface area contributed by atoms with Crippen molar-refractivity contribution in [3.05, 3.63) is 94.3 Å². The molecule has 1 heteroatoms. The molecule has 1 heterocycles. The van der Waals surface area contributed by atoms with E-state index in [0.717, 1.165) is 17.8 Å². The lowest BCUT2D eigenvalue weighted by Gasteiger charge is -2.29. The molecule has 5 rings (SSSR count). The van der Waals surface area contributed by atoms with Gasteiger partial charge in [-0.15, -0.1) is 0 Å². The predicted octanol–water partition coefficient (Wildman–Crippen LogP) is 6.66. The maximum absolute atomic E-state index is 6.10. The minimum atomic E-state index is 0.377. The lowest BCUT2D eigenvalue weighted by molar-refractivity contribution is 0.591. The van der Waals surface area contributed by atoms with E-state index < -0.39 is 0 Å². The molecule has 0 bridgehead atoms. The number of hydrogen-bond acceptors (Lipinski definition) is 1. The van der Waals surface area contributed by atoms with E-state index >= 15 is 0 Å². The van der Waals surface area contributed by atoms with Crippen LogP contribution in [0.25, 0.3) is 22.6 Å². The summed E-state index contributed by atoms with van der Waals surface area (Å²) in [5.41, 5.74) is 9.29. The molecule has 2 aliphatic rings. The Kier molecular flexibility index (Phi) is 3.11. The number of furan rings is 1. The number of allylic oxidation sites excluding steroid dienone is 5. The lowest BCUT2D eigenvalue weighted by atomic mass is 9.74. The number of hydrogen-bond donors (Lipinski definition) is 0. The van der Waals surface area contributed by atoms with Crippen LogP contribution in [-0.4, -0.2) is 0 Å². The van der Waals surface area contributed by atoms with Crippen LogP contribution in [0.1, 0.15) is 41.7 Å². The van der Waals surface area contributed by atoms with Crippen molar-refractivity contribution in [2.75, 3.05) is 0 Å². The number of benzene rings is 2. The normalized spacial score (nSPS) is 19.0. The smallest absolute Gasteiger partial charge is 0.135 e. The third-order valence-electron chi connectivity index (χ3n) is 5.58. The first-order valence-corrected chi connectivity index (χ1v) is 8.89. The highest BCUT2D eigenvalue weighted by Gasteiger charge is 2.30. The minimum Gasteiger partial charge on any atom is -0.456 e. The van der Waals surface area contributed by atoms with Crippen molar-refractivity contribution in [2.45, 2.75) is 26.2 Å². The average molecular weight is 324 g/mol. The Bertz CT molecular complexity index is 1090. The Hall–Kier alpha value is -2.80. The summed E-state index contributed by atoms with van der Waals surface area (Å²) in [5, 5.41) is 1.25. The zero-order valence-corrected chi connectivity index (χ0v) is 14.5. The fraction of sp³-hybridized carbons (Fsp3) is 0.167. The summed E-state index contributed by atoms with van der Waals surface area (Å²) in [6, 6.07) is 17.1. The molecule has 1 unspecified atom stereocenters. The first-order chi connectivity index (χ1) is 12.2. The van der Waals surface area contributed by atoms with Gasteiger partial charge in [-0.05, 0) is 60.3 Å². The Morgan fingerprint density at radius 3 is 2.60 bits per heavy atom. The molecular formula is C24H20O. The molecule has 0 saturated carbocycles. The lowest BCUT2D eigenvalue weighted by Crippen LogP contribution is -2.11. The molecule has 0 fully saturated rings. The van der Waals surface area contributed by atoms with E-state index in [0.29, 0.717) is 5.92 Å². The molecule has 0 radical (unpaired) electrons. The Balaban J connectivity index is 1.69. The maximum atomic E-state index is 6.10. The maximum Gasteiger partial charge on any atom is 0.135 e. The van der Waals surface area contributed by atoms with Gasteiger partial charge in [-0.25, -0.2) is 0 Å². The number of fused-ring (bicyclic) bond motifs is 5. The second kappa shape index (κ2) is 5.35. The third kappa shape index (κ3) is 2.16. The molecule has 0 spiro atoms. The van der Waals surface area contributed by atoms with Crippen LogP contribution in [0.4, 0.5) is 0 Å². The Morgan fingerprint density at radius 1 is 0.920 bits per heavy atom. The summed E-state index contributed by atoms with van der Waals surface area (Å²) >= 11 is 0. The minimum absolute atomic E-state index is 0.377. The molecule has 0 N–H and O–H groups in total. The number of aryl methyl sites for hydroxylation is 1. The van der Waals surface area contributed by atoms with Gasteiger partial charge in [0.05, 0.1) is 0 Å². The van der Waals surface area contributed by atoms with E-state index in [9.17, 15) is 0 Å². The molecule has 3 aromatic rings. The summed E-state index contributed by atoms with van der Waals surface area (Å²) in [6.07, 6.45) is 7.75. The molecule has 122 valence electrons. The largest absolute Gasteiger partial charge is 0.456 e. The third-order valence-corrected chi connectivity index (χ3v) is 5.58. The number of para-hydroxylation sites is 1. The van der Waals surface area contributed by atoms with Gasteiger partial charge in [-0.2, -0.15) is 0 Å². The van der Waals surface area contributed by atoms with Crippen LogP contribution in [0.3, 0.4) is 0 Å². The molecular weight excluding hydrogens is 304 g/mol. The molecule has 2 aliphatic carbocycles. The Morgan fingerprint density at radius 2 is 1.72 bits per heavy atom. The summed E-state index contributed by atoms with van der Waals surface area (Å²) in [5.74, 6) is 1.40. The Labute approximate surface area is 148 Å². The van der Waals surface area contributed by atoms with Crippen LogP contribution in [0.2, 0.25) is 0 Å². The molecule has 0 saturated heterocycles. The SMILES string of the molecule is CC1=C(c2ccccc2C)CC2C(=C1)C=Cc1oc3ccccc3c12. The van der Waals surface area contributed by atoms with Crippen molar-refractivity contribution in [1.29, 1.82) is 0 Å². The molecule has 1 nitrogen and oxygen atoms in total. The van der Waals surface area contributed by atoms with E-state index in [1.165, 1.54) is 38.8 Å². The fourth-order valence-electron chi connectivity index (χ4n) is 4.33. The second-order valence-electron chi connectivity index (χ2n) is 7.09. The zero-order chi connectivity index (χ0) is 17.0. The number of rotatable bonds is 1. The summed E-state index contributed by atoms with van der Waals surface area (Å²) in [6.45, 7) is 4.44. The van der Waals surface area contributed by atoms with Crippen molar-refractivity contribution in [3.8, 4) is 0 Å². The van der Waals surface area contributed by atoms with Gasteiger partial charge in [0, 0.05) is 16.9 Å². The van der Waals surface area contributed by atoms with Crippen molar-refractivity contribution in [3.63, 3.8) is 0 Å². The van der Waals surface area contributed by atoms with E-state index in [2.05, 4.69) is 74.5 Å². The quantitative estimate of drug-likeness (QED) is 0.488. The first-order valence-electron chi connectivity index (χ1n) is 8.89. The van der Waals surface area contributed by atoms with Crippen molar-refractivity contribution in [1.82, 2.24) is 0 Å². The molecule has 25 heavy (non-hydrogen) atoms. The van der Waals surface area contributed by atoms with Gasteiger partial charge >= 0.3 is 0 Å². The zero-order valence-electron chi connectivity index (χ0n) is 14.5. The van der Waals surface area contributed by atoms with Crippen LogP contribution in [0.5, 0.6) is 0 Å². The molecule has 2 aromatic carbocycles.